The van der Waals surface area contributed by atoms with E-state index in [9.17, 15) is 23.1 Å². The fraction of sp³-hybridized carbons (Fsp3) is 0.348. The maximum Gasteiger partial charge on any atom is 0.292 e. The van der Waals surface area contributed by atoms with Gasteiger partial charge < -0.3 is 30.0 Å². The molecule has 12 heteroatoms. The molecule has 0 fully saturated rings. The highest BCUT2D eigenvalue weighted by Crippen LogP contribution is 2.33. The normalized spacial score (nSPS) is 15.4. The predicted molar refractivity (Wildman–Crippen MR) is 131 cm³/mol. The van der Waals surface area contributed by atoms with Gasteiger partial charge in [0, 0.05) is 28.2 Å². The number of amides is 2. The van der Waals surface area contributed by atoms with Gasteiger partial charge in [-0.3, -0.25) is 9.59 Å². The minimum absolute atomic E-state index is 0.00545. The lowest BCUT2D eigenvalue weighted by atomic mass is 10.1. The van der Waals surface area contributed by atoms with Gasteiger partial charge in [0.25, 0.3) is 21.8 Å². The average Bonchev–Trinajstić information content (AvgIpc) is 3.32. The van der Waals surface area contributed by atoms with E-state index < -0.39 is 38.5 Å². The van der Waals surface area contributed by atoms with E-state index in [1.807, 2.05) is 6.92 Å². The number of phenols is 1. The number of aryl methyl sites for hydroxylation is 1. The number of para-hydroxylation sites is 1. The number of anilines is 1. The van der Waals surface area contributed by atoms with Crippen molar-refractivity contribution in [1.82, 2.24) is 15.1 Å². The van der Waals surface area contributed by atoms with Gasteiger partial charge in [0.05, 0.1) is 17.3 Å². The molecule has 2 aromatic rings. The van der Waals surface area contributed by atoms with E-state index in [-0.39, 0.29) is 22.8 Å². The summed E-state index contributed by atoms with van der Waals surface area (Å²) in [6.45, 7) is 3.67. The maximum atomic E-state index is 13.0. The molecule has 3 rings (SSSR count). The number of hydrogen-bond acceptors (Lipinski definition) is 8. The average molecular weight is 504 g/mol. The smallest absolute Gasteiger partial charge is 0.292 e. The molecule has 1 aliphatic heterocycles. The first-order valence-electron chi connectivity index (χ1n) is 10.8. The number of likely N-dealkylation sites (N-methyl/N-ethyl adjacent to an activating group) is 1. The highest BCUT2D eigenvalue weighted by atomic mass is 32.2. The zero-order valence-corrected chi connectivity index (χ0v) is 21.2. The van der Waals surface area contributed by atoms with Crippen molar-refractivity contribution >= 4 is 33.4 Å². The summed E-state index contributed by atoms with van der Waals surface area (Å²) < 4.78 is 35.4. The molecule has 1 aromatic carbocycles. The van der Waals surface area contributed by atoms with Gasteiger partial charge in [-0.15, -0.1) is 4.40 Å². The van der Waals surface area contributed by atoms with E-state index in [0.717, 1.165) is 4.90 Å². The van der Waals surface area contributed by atoms with Gasteiger partial charge in [0.15, 0.2) is 16.5 Å². The molecule has 0 radical (unpaired) electrons. The van der Waals surface area contributed by atoms with Crippen molar-refractivity contribution in [2.24, 2.45) is 4.40 Å². The summed E-state index contributed by atoms with van der Waals surface area (Å²) in [5.74, 6) is -0.498. The molecule has 0 saturated carbocycles. The minimum Gasteiger partial charge on any atom is -0.505 e. The SMILES string of the molecule is CC[C@@H](NC1=NS(=O)(=O)C(C(=O)N(C)C)=C1Nc1cccc(C(=O)N(C)C)c1O)c1ccc(C)o1. The maximum absolute atomic E-state index is 13.0. The van der Waals surface area contributed by atoms with Crippen molar-refractivity contribution in [2.45, 2.75) is 26.3 Å². The molecule has 35 heavy (non-hydrogen) atoms. The molecule has 2 amide bonds. The Morgan fingerprint density at radius 2 is 1.74 bits per heavy atom. The van der Waals surface area contributed by atoms with Crippen molar-refractivity contribution in [3.05, 3.63) is 58.0 Å². The first kappa shape index (κ1) is 25.8. The van der Waals surface area contributed by atoms with Gasteiger partial charge in [-0.1, -0.05) is 13.0 Å². The van der Waals surface area contributed by atoms with E-state index in [1.54, 1.807) is 19.1 Å². The fourth-order valence-corrected chi connectivity index (χ4v) is 4.74. The summed E-state index contributed by atoms with van der Waals surface area (Å²) in [6.07, 6.45) is 0.522. The monoisotopic (exact) mass is 503 g/mol. The molecule has 0 aliphatic carbocycles. The number of sulfonamides is 1. The number of aromatic hydroxyl groups is 1. The highest BCUT2D eigenvalue weighted by Gasteiger charge is 2.39. The van der Waals surface area contributed by atoms with E-state index in [2.05, 4.69) is 15.0 Å². The Kier molecular flexibility index (Phi) is 7.25. The standard InChI is InChI=1S/C23H29N5O6S/c1-7-15(17-12-11-13(2)34-17)25-21-18(20(23(31)28(5)6)35(32,33)26-21)24-16-10-8-9-14(19(16)29)22(30)27(3)4/h8-12,15,24,29H,7H2,1-6H3,(H,25,26)/t15-/m1/s1. The number of nitrogens with one attached hydrogen (secondary N) is 2. The molecule has 0 unspecified atom stereocenters. The topological polar surface area (TPSA) is 145 Å². The number of furan rings is 1. The van der Waals surface area contributed by atoms with Crippen LogP contribution in [0, 0.1) is 6.92 Å². The fourth-order valence-electron chi connectivity index (χ4n) is 3.46. The van der Waals surface area contributed by atoms with E-state index in [4.69, 9.17) is 4.42 Å². The summed E-state index contributed by atoms with van der Waals surface area (Å²) in [6, 6.07) is 7.54. The van der Waals surface area contributed by atoms with Gasteiger partial charge in [-0.05, 0) is 37.6 Å². The number of carbonyl (C=O) groups excluding carboxylic acids is 2. The highest BCUT2D eigenvalue weighted by molar-refractivity contribution is 7.95. The number of rotatable bonds is 7. The van der Waals surface area contributed by atoms with Crippen LogP contribution in [0.25, 0.3) is 0 Å². The van der Waals surface area contributed by atoms with Crippen LogP contribution in [0.3, 0.4) is 0 Å². The molecule has 1 aliphatic rings. The lowest BCUT2D eigenvalue weighted by molar-refractivity contribution is -0.124. The van der Waals surface area contributed by atoms with Gasteiger partial charge in [-0.25, -0.2) is 0 Å². The predicted octanol–water partition coefficient (Wildman–Crippen LogP) is 2.19. The molecular weight excluding hydrogens is 474 g/mol. The number of nitrogens with zero attached hydrogens (tertiary/aromatic N) is 3. The molecule has 188 valence electrons. The lowest BCUT2D eigenvalue weighted by Gasteiger charge is -2.20. The second-order valence-electron chi connectivity index (χ2n) is 8.40. The molecular formula is C23H29N5O6S. The Labute approximate surface area is 204 Å². The zero-order chi connectivity index (χ0) is 26.1. The summed E-state index contributed by atoms with van der Waals surface area (Å²) >= 11 is 0. The summed E-state index contributed by atoms with van der Waals surface area (Å²) in [5.41, 5.74) is -0.105. The third kappa shape index (κ3) is 5.16. The van der Waals surface area contributed by atoms with Crippen LogP contribution in [-0.2, 0) is 14.8 Å². The largest absolute Gasteiger partial charge is 0.505 e. The summed E-state index contributed by atoms with van der Waals surface area (Å²) in [4.78, 5) is 27.2. The quantitative estimate of drug-likeness (QED) is 0.488. The Hall–Kier alpha value is -3.80. The second-order valence-corrected chi connectivity index (χ2v) is 9.94. The third-order valence-electron chi connectivity index (χ3n) is 5.29. The number of carbonyl (C=O) groups is 2. The number of phenolic OH excluding ortho intramolecular Hbond substituents is 1. The molecule has 3 N–H and O–H groups in total. The Bertz CT molecular complexity index is 1320. The van der Waals surface area contributed by atoms with Crippen LogP contribution in [0.15, 0.2) is 49.7 Å². The van der Waals surface area contributed by atoms with Crippen LogP contribution >= 0.6 is 0 Å². The second kappa shape index (κ2) is 9.82. The Morgan fingerprint density at radius 3 is 2.29 bits per heavy atom. The van der Waals surface area contributed by atoms with Crippen LogP contribution in [0.4, 0.5) is 5.69 Å². The van der Waals surface area contributed by atoms with Crippen LogP contribution < -0.4 is 10.6 Å². The van der Waals surface area contributed by atoms with Gasteiger partial charge in [0.2, 0.25) is 0 Å². The molecule has 1 aromatic heterocycles. The van der Waals surface area contributed by atoms with Crippen molar-refractivity contribution in [2.75, 3.05) is 33.5 Å². The van der Waals surface area contributed by atoms with Crippen LogP contribution in [0.1, 0.15) is 41.3 Å². The number of benzene rings is 1. The van der Waals surface area contributed by atoms with E-state index in [1.165, 1.54) is 51.3 Å². The van der Waals surface area contributed by atoms with Crippen molar-refractivity contribution in [3.63, 3.8) is 0 Å². The zero-order valence-electron chi connectivity index (χ0n) is 20.4. The van der Waals surface area contributed by atoms with E-state index in [0.29, 0.717) is 17.9 Å². The van der Waals surface area contributed by atoms with Gasteiger partial charge >= 0.3 is 0 Å². The molecule has 0 bridgehead atoms. The molecule has 1 atom stereocenters. The Balaban J connectivity index is 2.11. The molecule has 11 nitrogen and oxygen atoms in total. The van der Waals surface area contributed by atoms with E-state index >= 15 is 0 Å². The summed E-state index contributed by atoms with van der Waals surface area (Å²) in [5, 5.41) is 16.7. The minimum atomic E-state index is -4.37. The first-order valence-corrected chi connectivity index (χ1v) is 12.3. The number of amidine groups is 1. The van der Waals surface area contributed by atoms with Crippen LogP contribution in [-0.4, -0.2) is 69.2 Å². The van der Waals surface area contributed by atoms with Crippen LogP contribution in [0.2, 0.25) is 0 Å². The Morgan fingerprint density at radius 1 is 1.09 bits per heavy atom. The van der Waals surface area contributed by atoms with Gasteiger partial charge in [-0.2, -0.15) is 8.42 Å². The molecule has 2 heterocycles. The third-order valence-corrected chi connectivity index (χ3v) is 6.61. The first-order chi connectivity index (χ1) is 16.4. The summed E-state index contributed by atoms with van der Waals surface area (Å²) in [7, 11) is 1.55. The molecule has 0 saturated heterocycles. The van der Waals surface area contributed by atoms with Gasteiger partial charge in [0.1, 0.15) is 17.2 Å². The van der Waals surface area contributed by atoms with Crippen molar-refractivity contribution in [3.8, 4) is 5.75 Å². The molecule has 0 spiro atoms. The van der Waals surface area contributed by atoms with Crippen molar-refractivity contribution in [1.29, 1.82) is 0 Å². The van der Waals surface area contributed by atoms with Crippen LogP contribution in [0.5, 0.6) is 5.75 Å². The lowest BCUT2D eigenvalue weighted by Crippen LogP contribution is -2.33. The number of hydrogen-bond donors (Lipinski definition) is 3. The van der Waals surface area contributed by atoms with Crippen molar-refractivity contribution < 1.29 is 27.5 Å².